The van der Waals surface area contributed by atoms with Gasteiger partial charge in [0.15, 0.2) is 0 Å². The highest BCUT2D eigenvalue weighted by Gasteiger charge is 2.45. The van der Waals surface area contributed by atoms with E-state index < -0.39 is 0 Å². The van der Waals surface area contributed by atoms with Crippen LogP contribution in [0.4, 0.5) is 17.1 Å². The molecular formula is C64H77N4S2+. The van der Waals surface area contributed by atoms with Gasteiger partial charge in [0.05, 0.1) is 16.8 Å². The number of likely N-dealkylation sites (N-methyl/N-ethyl adjacent to an activating group) is 2. The highest BCUT2D eigenvalue weighted by atomic mass is 32.2. The number of unbranched alkanes of at least 4 members (excludes halogenated alkanes) is 1. The molecule has 6 heteroatoms. The van der Waals surface area contributed by atoms with Gasteiger partial charge in [0.25, 0.3) is 5.01 Å². The summed E-state index contributed by atoms with van der Waals surface area (Å²) in [5, 5.41) is 2.56. The van der Waals surface area contributed by atoms with Crippen molar-refractivity contribution in [1.29, 1.82) is 0 Å². The van der Waals surface area contributed by atoms with Gasteiger partial charge in [-0.3, -0.25) is 0 Å². The summed E-state index contributed by atoms with van der Waals surface area (Å²) in [7, 11) is 4.51. The average molecular weight is 966 g/mol. The van der Waals surface area contributed by atoms with Crippen molar-refractivity contribution in [2.75, 3.05) is 35.3 Å². The fraction of sp³-hybridized carbons (Fsp3) is 0.359. The molecular weight excluding hydrogens is 889 g/mol. The Labute approximate surface area is 429 Å². The maximum Gasteiger partial charge on any atom is 0.262 e. The second-order valence-electron chi connectivity index (χ2n) is 21.8. The van der Waals surface area contributed by atoms with E-state index in [2.05, 4.69) is 273 Å². The number of allylic oxidation sites excluding steroid dienone is 13. The number of para-hydroxylation sites is 2. The van der Waals surface area contributed by atoms with E-state index in [1.54, 1.807) is 0 Å². The molecule has 0 bridgehead atoms. The number of nitrogens with zero attached hydrogens (tertiary/aromatic N) is 4. The maximum atomic E-state index is 2.49. The van der Waals surface area contributed by atoms with E-state index in [1.165, 1.54) is 70.2 Å². The number of hydrogen-bond acceptors (Lipinski definition) is 5. The van der Waals surface area contributed by atoms with Crippen molar-refractivity contribution in [1.82, 2.24) is 0 Å². The first-order valence-electron chi connectivity index (χ1n) is 25.7. The summed E-state index contributed by atoms with van der Waals surface area (Å²) in [5.74, 6) is 0. The zero-order valence-electron chi connectivity index (χ0n) is 44.1. The largest absolute Gasteiger partial charge is 0.367 e. The third-order valence-electron chi connectivity index (χ3n) is 15.1. The summed E-state index contributed by atoms with van der Waals surface area (Å²) >= 11 is 3.75. The van der Waals surface area contributed by atoms with Crippen LogP contribution >= 0.6 is 23.1 Å². The molecule has 3 atom stereocenters. The number of rotatable bonds is 15. The van der Waals surface area contributed by atoms with Crippen molar-refractivity contribution in [3.05, 3.63) is 202 Å². The number of benzene rings is 4. The first kappa shape index (κ1) is 50.8. The van der Waals surface area contributed by atoms with Gasteiger partial charge in [0.2, 0.25) is 5.52 Å². The Bertz CT molecular complexity index is 2940. The molecule has 3 aliphatic rings. The first-order valence-corrected chi connectivity index (χ1v) is 27.3. The molecule has 364 valence electrons. The zero-order chi connectivity index (χ0) is 49.8. The summed E-state index contributed by atoms with van der Waals surface area (Å²) in [4.78, 5) is 8.68. The molecule has 0 N–H and O–H groups in total. The van der Waals surface area contributed by atoms with E-state index >= 15 is 0 Å². The standard InChI is InChI=1S/C64H77N4S2/c1-13-67-53-41-39-47(61(3,4)5)45-55(53)69-59(67)37-23-19-15-17-21-35-57-63(9,49-31-25-27-33-51(49)65(57)11)43-29-30-44-64(10)50-32-26-28-34-52(50)66(12)58(64)36-22-18-16-20-24-38-60-68(14-2)54-42-40-48(62(6,7)8)46-56(54)70-60/h15-28,31-42,45-46,57H,13-14,29-30,43-44H2,1-12H3/q+1. The lowest BCUT2D eigenvalue weighted by molar-refractivity contribution is -0.665. The van der Waals surface area contributed by atoms with Crippen molar-refractivity contribution in [2.45, 2.75) is 134 Å². The fourth-order valence-corrected chi connectivity index (χ4v) is 13.4. The molecule has 4 aromatic carbocycles. The van der Waals surface area contributed by atoms with Crippen LogP contribution < -0.4 is 19.3 Å². The third-order valence-corrected chi connectivity index (χ3v) is 17.3. The second-order valence-corrected chi connectivity index (χ2v) is 24.0. The molecule has 0 fully saturated rings. The van der Waals surface area contributed by atoms with Gasteiger partial charge in [0.1, 0.15) is 11.2 Å². The van der Waals surface area contributed by atoms with Gasteiger partial charge in [-0.15, -0.1) is 0 Å². The van der Waals surface area contributed by atoms with Crippen LogP contribution in [0.3, 0.4) is 0 Å². The molecule has 8 rings (SSSR count). The average Bonchev–Trinajstić information content (AvgIpc) is 4.01. The van der Waals surface area contributed by atoms with Gasteiger partial charge < -0.3 is 14.7 Å². The van der Waals surface area contributed by atoms with Gasteiger partial charge in [0, 0.05) is 65.6 Å². The van der Waals surface area contributed by atoms with Gasteiger partial charge in [-0.05, 0) is 109 Å². The van der Waals surface area contributed by atoms with Gasteiger partial charge >= 0.3 is 0 Å². The molecule has 5 aromatic rings. The van der Waals surface area contributed by atoms with Crippen LogP contribution in [0.5, 0.6) is 0 Å². The molecule has 4 nitrogen and oxygen atoms in total. The predicted molar refractivity (Wildman–Crippen MR) is 308 cm³/mol. The van der Waals surface area contributed by atoms with Gasteiger partial charge in [-0.1, -0.05) is 200 Å². The van der Waals surface area contributed by atoms with Crippen LogP contribution in [-0.4, -0.2) is 26.7 Å². The summed E-state index contributed by atoms with van der Waals surface area (Å²) in [6.45, 7) is 25.0. The smallest absolute Gasteiger partial charge is 0.262 e. The quantitative estimate of drug-likeness (QED) is 0.0589. The highest BCUT2D eigenvalue weighted by Crippen LogP contribution is 2.52. The normalized spacial score (nSPS) is 21.9. The lowest BCUT2D eigenvalue weighted by Gasteiger charge is -2.34. The molecule has 4 heterocycles. The van der Waals surface area contributed by atoms with E-state index in [0.717, 1.165) is 38.8 Å². The molecule has 70 heavy (non-hydrogen) atoms. The molecule has 0 amide bonds. The number of aryl methyl sites for hydroxylation is 1. The number of anilines is 3. The second kappa shape index (κ2) is 21.0. The Morgan fingerprint density at radius 2 is 1.26 bits per heavy atom. The number of hydrogen-bond donors (Lipinski definition) is 0. The molecule has 0 saturated carbocycles. The minimum absolute atomic E-state index is 0.00186. The lowest BCUT2D eigenvalue weighted by Crippen LogP contribution is -2.39. The number of thiazole rings is 1. The van der Waals surface area contributed by atoms with Crippen molar-refractivity contribution < 1.29 is 4.57 Å². The first-order chi connectivity index (χ1) is 33.5. The SMILES string of the molecule is CCN1C(=CC=CC=CC=CC2N(C)c3ccccc3C2(C)CCCCC2(C)C(=CC=CC=CC=Cc3sc4cc(C(C)(C)C)ccc4[n+]3CC)N(C)c3ccccc32)Sc2cc(C(C)(C)C)ccc21. The number of fused-ring (bicyclic) bond motifs is 4. The summed E-state index contributed by atoms with van der Waals surface area (Å²) in [6, 6.07) is 32.3. The third kappa shape index (κ3) is 10.3. The van der Waals surface area contributed by atoms with Crippen LogP contribution in [0.25, 0.3) is 16.3 Å². The van der Waals surface area contributed by atoms with Gasteiger partial charge in [-0.2, -0.15) is 4.57 Å². The highest BCUT2D eigenvalue weighted by molar-refractivity contribution is 8.03. The Balaban J connectivity index is 0.914. The molecule has 0 spiro atoms. The lowest BCUT2D eigenvalue weighted by atomic mass is 9.72. The molecule has 3 aliphatic heterocycles. The van der Waals surface area contributed by atoms with E-state index in [9.17, 15) is 0 Å². The number of aromatic nitrogens is 1. The van der Waals surface area contributed by atoms with E-state index in [-0.39, 0.29) is 27.7 Å². The van der Waals surface area contributed by atoms with Crippen LogP contribution in [0, 0.1) is 0 Å². The van der Waals surface area contributed by atoms with Crippen LogP contribution in [0.1, 0.15) is 122 Å². The zero-order valence-corrected chi connectivity index (χ0v) is 45.7. The Kier molecular flexibility index (Phi) is 15.3. The molecule has 0 radical (unpaired) electrons. The van der Waals surface area contributed by atoms with E-state index in [4.69, 9.17) is 0 Å². The van der Waals surface area contributed by atoms with Crippen molar-refractivity contribution in [3.63, 3.8) is 0 Å². The summed E-state index contributed by atoms with van der Waals surface area (Å²) in [5.41, 5.74) is 12.5. The monoisotopic (exact) mass is 966 g/mol. The van der Waals surface area contributed by atoms with Gasteiger partial charge in [-0.25, -0.2) is 0 Å². The summed E-state index contributed by atoms with van der Waals surface area (Å²) < 4.78 is 3.77. The van der Waals surface area contributed by atoms with Crippen LogP contribution in [0.15, 0.2) is 180 Å². The Hall–Kier alpha value is -5.56. The predicted octanol–water partition coefficient (Wildman–Crippen LogP) is 16.7. The summed E-state index contributed by atoms with van der Waals surface area (Å²) in [6.07, 6.45) is 35.6. The molecule has 0 aliphatic carbocycles. The van der Waals surface area contributed by atoms with Crippen molar-refractivity contribution in [3.8, 4) is 0 Å². The maximum absolute atomic E-state index is 2.49. The van der Waals surface area contributed by atoms with Crippen molar-refractivity contribution >= 4 is 56.5 Å². The van der Waals surface area contributed by atoms with E-state index in [0.29, 0.717) is 0 Å². The Morgan fingerprint density at radius 1 is 0.643 bits per heavy atom. The number of thioether (sulfide) groups is 1. The topological polar surface area (TPSA) is 13.6 Å². The minimum Gasteiger partial charge on any atom is -0.367 e. The van der Waals surface area contributed by atoms with Crippen LogP contribution in [0.2, 0.25) is 0 Å². The molecule has 0 saturated heterocycles. The molecule has 1 aromatic heterocycles. The minimum atomic E-state index is -0.0784. The Morgan fingerprint density at radius 3 is 1.97 bits per heavy atom. The van der Waals surface area contributed by atoms with Crippen LogP contribution in [-0.2, 0) is 28.2 Å². The fourth-order valence-electron chi connectivity index (χ4n) is 11.0. The van der Waals surface area contributed by atoms with Crippen molar-refractivity contribution in [2.24, 2.45) is 0 Å². The van der Waals surface area contributed by atoms with E-state index in [1.807, 2.05) is 23.1 Å². The molecule has 3 unspecified atom stereocenters.